The number of nitrogens with zero attached hydrogens (tertiary/aromatic N) is 3. The summed E-state index contributed by atoms with van der Waals surface area (Å²) in [5.74, 6) is 0.791. The Morgan fingerprint density at radius 2 is 1.89 bits per heavy atom. The van der Waals surface area contributed by atoms with Crippen LogP contribution in [-0.4, -0.2) is 49.8 Å². The van der Waals surface area contributed by atoms with E-state index in [2.05, 4.69) is 11.9 Å². The van der Waals surface area contributed by atoms with Crippen LogP contribution in [0.4, 0.5) is 5.69 Å². The molecule has 2 aromatic carbocycles. The predicted octanol–water partition coefficient (Wildman–Crippen LogP) is 4.20. The number of amides is 1. The number of hydrogen-bond acceptors (Lipinski definition) is 3. The Hall–Kier alpha value is -2.82. The van der Waals surface area contributed by atoms with Crippen LogP contribution in [0.25, 0.3) is 0 Å². The van der Waals surface area contributed by atoms with Gasteiger partial charge in [0.15, 0.2) is 0 Å². The maximum absolute atomic E-state index is 12.9. The molecule has 0 saturated carbocycles. The van der Waals surface area contributed by atoms with Crippen LogP contribution in [0.1, 0.15) is 34.0 Å². The first-order chi connectivity index (χ1) is 12.8. The zero-order valence-corrected chi connectivity index (χ0v) is 17.1. The third-order valence-electron chi connectivity index (χ3n) is 4.57. The molecule has 1 amide bonds. The molecular formula is C22H29N3O2. The van der Waals surface area contributed by atoms with Crippen molar-refractivity contribution >= 4 is 17.9 Å². The zero-order chi connectivity index (χ0) is 20.0. The van der Waals surface area contributed by atoms with Crippen molar-refractivity contribution in [1.29, 1.82) is 0 Å². The molecule has 0 fully saturated rings. The van der Waals surface area contributed by atoms with Gasteiger partial charge in [0.1, 0.15) is 5.75 Å². The molecule has 0 N–H and O–H groups in total. The first kappa shape index (κ1) is 20.5. The van der Waals surface area contributed by atoms with Crippen LogP contribution in [0.15, 0.2) is 41.4 Å². The zero-order valence-electron chi connectivity index (χ0n) is 17.1. The van der Waals surface area contributed by atoms with Gasteiger partial charge in [-0.1, -0.05) is 12.1 Å². The maximum Gasteiger partial charge on any atom is 0.254 e. The highest BCUT2D eigenvalue weighted by Gasteiger charge is 2.16. The molecule has 27 heavy (non-hydrogen) atoms. The van der Waals surface area contributed by atoms with E-state index in [-0.39, 0.29) is 5.91 Å². The summed E-state index contributed by atoms with van der Waals surface area (Å²) in [7, 11) is 5.44. The highest BCUT2D eigenvalue weighted by Crippen LogP contribution is 2.24. The lowest BCUT2D eigenvalue weighted by atomic mass is 10.0. The fourth-order valence-corrected chi connectivity index (χ4v) is 2.73. The van der Waals surface area contributed by atoms with E-state index in [1.165, 1.54) is 0 Å². The molecule has 0 unspecified atom stereocenters. The van der Waals surface area contributed by atoms with Crippen LogP contribution < -0.4 is 4.74 Å². The lowest BCUT2D eigenvalue weighted by Gasteiger charge is -2.20. The van der Waals surface area contributed by atoms with Gasteiger partial charge in [-0.15, -0.1) is 0 Å². The smallest absolute Gasteiger partial charge is 0.254 e. The second-order valence-corrected chi connectivity index (χ2v) is 6.78. The molecule has 0 saturated heterocycles. The molecule has 2 rings (SSSR count). The largest absolute Gasteiger partial charge is 0.497 e. The Bertz CT molecular complexity index is 830. The predicted molar refractivity (Wildman–Crippen MR) is 111 cm³/mol. The Morgan fingerprint density at radius 3 is 2.56 bits per heavy atom. The second-order valence-electron chi connectivity index (χ2n) is 6.78. The van der Waals surface area contributed by atoms with E-state index in [1.54, 1.807) is 12.0 Å². The summed E-state index contributed by atoms with van der Waals surface area (Å²) in [6, 6.07) is 11.7. The number of benzene rings is 2. The highest BCUT2D eigenvalue weighted by atomic mass is 16.5. The van der Waals surface area contributed by atoms with E-state index in [9.17, 15) is 4.79 Å². The lowest BCUT2D eigenvalue weighted by molar-refractivity contribution is 0.0784. The minimum atomic E-state index is -0.000347. The van der Waals surface area contributed by atoms with E-state index in [1.807, 2.05) is 75.6 Å². The van der Waals surface area contributed by atoms with E-state index in [0.29, 0.717) is 12.1 Å². The quantitative estimate of drug-likeness (QED) is 0.544. The van der Waals surface area contributed by atoms with Gasteiger partial charge in [-0.05, 0) is 61.7 Å². The van der Waals surface area contributed by atoms with Gasteiger partial charge in [0.25, 0.3) is 5.91 Å². The van der Waals surface area contributed by atoms with Gasteiger partial charge in [-0.25, -0.2) is 4.99 Å². The van der Waals surface area contributed by atoms with Crippen LogP contribution in [0.5, 0.6) is 5.75 Å². The third-order valence-corrected chi connectivity index (χ3v) is 4.57. The van der Waals surface area contributed by atoms with Crippen LogP contribution in [-0.2, 0) is 6.54 Å². The summed E-state index contributed by atoms with van der Waals surface area (Å²) in [5, 5.41) is 0. The minimum Gasteiger partial charge on any atom is -0.497 e. The van der Waals surface area contributed by atoms with E-state index < -0.39 is 0 Å². The van der Waals surface area contributed by atoms with E-state index >= 15 is 0 Å². The number of aryl methyl sites for hydroxylation is 2. The van der Waals surface area contributed by atoms with Crippen molar-refractivity contribution in [3.63, 3.8) is 0 Å². The van der Waals surface area contributed by atoms with Gasteiger partial charge in [-0.3, -0.25) is 4.79 Å². The molecular weight excluding hydrogens is 338 g/mol. The molecule has 0 atom stereocenters. The van der Waals surface area contributed by atoms with Gasteiger partial charge in [0.05, 0.1) is 19.1 Å². The van der Waals surface area contributed by atoms with Gasteiger partial charge in [0.2, 0.25) is 0 Å². The summed E-state index contributed by atoms with van der Waals surface area (Å²) < 4.78 is 5.26. The molecule has 0 aromatic heterocycles. The number of methoxy groups -OCH3 is 1. The molecule has 0 aliphatic carbocycles. The number of ether oxygens (including phenoxy) is 1. The fourth-order valence-electron chi connectivity index (χ4n) is 2.73. The van der Waals surface area contributed by atoms with Crippen molar-refractivity contribution in [2.24, 2.45) is 4.99 Å². The molecule has 0 radical (unpaired) electrons. The Balaban J connectivity index is 2.19. The number of carbonyl (C=O) groups is 1. The van der Waals surface area contributed by atoms with Gasteiger partial charge < -0.3 is 14.5 Å². The van der Waals surface area contributed by atoms with Crippen molar-refractivity contribution in [3.8, 4) is 5.75 Å². The first-order valence-corrected chi connectivity index (χ1v) is 9.09. The van der Waals surface area contributed by atoms with Crippen LogP contribution in [0.2, 0.25) is 0 Å². The molecule has 0 bridgehead atoms. The number of aliphatic imine (C=N–C) groups is 1. The van der Waals surface area contributed by atoms with Crippen LogP contribution >= 0.6 is 0 Å². The molecule has 5 nitrogen and oxygen atoms in total. The Kier molecular flexibility index (Phi) is 6.99. The molecule has 144 valence electrons. The van der Waals surface area contributed by atoms with Crippen LogP contribution in [0, 0.1) is 13.8 Å². The molecule has 0 aliphatic heterocycles. The molecule has 5 heteroatoms. The Labute approximate surface area is 162 Å². The first-order valence-electron chi connectivity index (χ1n) is 9.09. The minimum absolute atomic E-state index is 0.000347. The van der Waals surface area contributed by atoms with Crippen molar-refractivity contribution in [3.05, 3.63) is 58.7 Å². The topological polar surface area (TPSA) is 45.1 Å². The third kappa shape index (κ3) is 5.33. The summed E-state index contributed by atoms with van der Waals surface area (Å²) in [4.78, 5) is 21.2. The lowest BCUT2D eigenvalue weighted by Crippen LogP contribution is -2.27. The normalized spacial score (nSPS) is 10.9. The van der Waals surface area contributed by atoms with Crippen molar-refractivity contribution < 1.29 is 9.53 Å². The number of carbonyl (C=O) groups excluding carboxylic acids is 1. The monoisotopic (exact) mass is 367 g/mol. The van der Waals surface area contributed by atoms with E-state index in [4.69, 9.17) is 4.74 Å². The fraction of sp³-hybridized carbons (Fsp3) is 0.364. The molecule has 2 aromatic rings. The maximum atomic E-state index is 12.9. The highest BCUT2D eigenvalue weighted by molar-refractivity contribution is 5.96. The van der Waals surface area contributed by atoms with Gasteiger partial charge >= 0.3 is 0 Å². The van der Waals surface area contributed by atoms with Gasteiger partial charge in [0, 0.05) is 32.7 Å². The summed E-state index contributed by atoms with van der Waals surface area (Å²) in [6.45, 7) is 7.43. The van der Waals surface area contributed by atoms with Gasteiger partial charge in [-0.2, -0.15) is 0 Å². The average molecular weight is 367 g/mol. The molecule has 0 aliphatic rings. The van der Waals surface area contributed by atoms with Crippen LogP contribution in [0.3, 0.4) is 0 Å². The number of rotatable bonds is 7. The van der Waals surface area contributed by atoms with Crippen molar-refractivity contribution in [1.82, 2.24) is 9.80 Å². The van der Waals surface area contributed by atoms with Crippen molar-refractivity contribution in [2.45, 2.75) is 27.3 Å². The standard InChI is InChI=1S/C22H29N3O2/c1-7-24(4)15-23-21-12-16(2)20(11-17(21)3)22(26)25(5)14-18-9-8-10-19(13-18)27-6/h8-13,15H,7,14H2,1-6H3. The second kappa shape index (κ2) is 9.21. The SMILES string of the molecule is CCN(C)C=Nc1cc(C)c(C(=O)N(C)Cc2cccc(OC)c2)cc1C. The average Bonchev–Trinajstić information content (AvgIpc) is 2.67. The number of hydrogen-bond donors (Lipinski definition) is 0. The summed E-state index contributed by atoms with van der Waals surface area (Å²) in [6.07, 6.45) is 1.82. The molecule has 0 heterocycles. The van der Waals surface area contributed by atoms with Crippen molar-refractivity contribution in [2.75, 3.05) is 27.7 Å². The van der Waals surface area contributed by atoms with E-state index in [0.717, 1.165) is 34.7 Å². The summed E-state index contributed by atoms with van der Waals surface area (Å²) >= 11 is 0. The Morgan fingerprint density at radius 1 is 1.15 bits per heavy atom. The molecule has 0 spiro atoms. The summed E-state index contributed by atoms with van der Waals surface area (Å²) in [5.41, 5.74) is 4.54.